The third-order valence-electron chi connectivity index (χ3n) is 1.73. The molecule has 0 unspecified atom stereocenters. The van der Waals surface area contributed by atoms with Crippen LogP contribution in [0.2, 0.25) is 0 Å². The number of alkyl carbamates (subject to hydrolysis) is 1. The number of nitrogens with one attached hydrogen (secondary N) is 1. The third kappa shape index (κ3) is 7.69. The normalized spacial score (nSPS) is 10.8. The van der Waals surface area contributed by atoms with Gasteiger partial charge in [-0.15, -0.1) is 0 Å². The minimum atomic E-state index is -1.18. The molecule has 0 fully saturated rings. The molecule has 0 aliphatic carbocycles. The summed E-state index contributed by atoms with van der Waals surface area (Å²) in [5, 5.41) is 14.2. The number of nitrogens with zero attached hydrogens (tertiary/aromatic N) is 3. The van der Waals surface area contributed by atoms with Crippen LogP contribution in [0.5, 0.6) is 0 Å². The van der Waals surface area contributed by atoms with Crippen LogP contribution in [0.1, 0.15) is 12.8 Å². The number of hydrogen-bond donors (Lipinski definition) is 2. The lowest BCUT2D eigenvalue weighted by atomic mass is 10.2. The standard InChI is InChI=1S/C9H14N4O4/c1-2-6-17-9(16)11-5-3-4-7(8(14)15)12-13-10/h2,7H,1,3-6H2,(H,11,16)(H,14,15)/t7-/m0/s1. The molecule has 0 bridgehead atoms. The monoisotopic (exact) mass is 242 g/mol. The maximum Gasteiger partial charge on any atom is 0.407 e. The van der Waals surface area contributed by atoms with E-state index in [1.54, 1.807) is 0 Å². The zero-order valence-corrected chi connectivity index (χ0v) is 9.20. The lowest BCUT2D eigenvalue weighted by Gasteiger charge is -2.07. The van der Waals surface area contributed by atoms with Gasteiger partial charge in [-0.25, -0.2) is 4.79 Å². The van der Waals surface area contributed by atoms with Gasteiger partial charge in [-0.1, -0.05) is 17.8 Å². The number of carboxylic acid groups (broad SMARTS) is 1. The smallest absolute Gasteiger partial charge is 0.407 e. The molecule has 2 N–H and O–H groups in total. The molecule has 0 saturated heterocycles. The van der Waals surface area contributed by atoms with Crippen molar-refractivity contribution in [2.24, 2.45) is 5.11 Å². The van der Waals surface area contributed by atoms with Gasteiger partial charge in [0, 0.05) is 11.5 Å². The average Bonchev–Trinajstić information content (AvgIpc) is 2.30. The minimum absolute atomic E-state index is 0.113. The quantitative estimate of drug-likeness (QED) is 0.219. The van der Waals surface area contributed by atoms with Crippen LogP contribution < -0.4 is 5.32 Å². The largest absolute Gasteiger partial charge is 0.481 e. The molecule has 0 aliphatic rings. The summed E-state index contributed by atoms with van der Waals surface area (Å²) in [4.78, 5) is 23.9. The van der Waals surface area contributed by atoms with Gasteiger partial charge in [0.2, 0.25) is 0 Å². The highest BCUT2D eigenvalue weighted by Gasteiger charge is 2.14. The first kappa shape index (κ1) is 14.8. The Hall–Kier alpha value is -2.21. The topological polar surface area (TPSA) is 124 Å². The van der Waals surface area contributed by atoms with E-state index in [1.165, 1.54) is 6.08 Å². The summed E-state index contributed by atoms with van der Waals surface area (Å²) < 4.78 is 4.63. The highest BCUT2D eigenvalue weighted by atomic mass is 16.5. The van der Waals surface area contributed by atoms with Crippen LogP contribution in [0, 0.1) is 0 Å². The summed E-state index contributed by atoms with van der Waals surface area (Å²) in [6.45, 7) is 3.74. The predicted octanol–water partition coefficient (Wildman–Crippen LogP) is 1.44. The van der Waals surface area contributed by atoms with Crippen molar-refractivity contribution in [2.75, 3.05) is 13.2 Å². The van der Waals surface area contributed by atoms with Crippen LogP contribution in [0.25, 0.3) is 10.4 Å². The number of hydrogen-bond acceptors (Lipinski definition) is 4. The summed E-state index contributed by atoms with van der Waals surface area (Å²) in [6.07, 6.45) is 1.36. The number of amides is 1. The van der Waals surface area contributed by atoms with Crippen molar-refractivity contribution < 1.29 is 19.4 Å². The van der Waals surface area contributed by atoms with Crippen molar-refractivity contribution >= 4 is 12.1 Å². The van der Waals surface area contributed by atoms with Crippen LogP contribution in [0.3, 0.4) is 0 Å². The number of rotatable bonds is 8. The second-order valence-electron chi connectivity index (χ2n) is 3.02. The molecule has 1 amide bonds. The van der Waals surface area contributed by atoms with E-state index in [0.717, 1.165) is 0 Å². The molecule has 94 valence electrons. The SMILES string of the molecule is C=CCOC(=O)NCCC[C@H](N=[N+]=[N-])C(=O)O. The second kappa shape index (κ2) is 9.05. The highest BCUT2D eigenvalue weighted by Crippen LogP contribution is 2.02. The Kier molecular flexibility index (Phi) is 7.87. The van der Waals surface area contributed by atoms with Gasteiger partial charge in [0.1, 0.15) is 12.6 Å². The molecule has 0 rings (SSSR count). The first-order valence-corrected chi connectivity index (χ1v) is 4.90. The van der Waals surface area contributed by atoms with Crippen LogP contribution in [0.15, 0.2) is 17.8 Å². The van der Waals surface area contributed by atoms with E-state index >= 15 is 0 Å². The van der Waals surface area contributed by atoms with Crippen LogP contribution in [-0.4, -0.2) is 36.4 Å². The maximum atomic E-state index is 10.9. The molecule has 0 aliphatic heterocycles. The molecule has 0 aromatic heterocycles. The first-order chi connectivity index (χ1) is 8.11. The Morgan fingerprint density at radius 3 is 2.88 bits per heavy atom. The van der Waals surface area contributed by atoms with Gasteiger partial charge in [0.15, 0.2) is 0 Å². The van der Waals surface area contributed by atoms with E-state index in [9.17, 15) is 9.59 Å². The second-order valence-corrected chi connectivity index (χ2v) is 3.02. The van der Waals surface area contributed by atoms with Crippen molar-refractivity contribution in [3.05, 3.63) is 23.1 Å². The van der Waals surface area contributed by atoms with Crippen molar-refractivity contribution in [2.45, 2.75) is 18.9 Å². The fourth-order valence-electron chi connectivity index (χ4n) is 0.964. The maximum absolute atomic E-state index is 10.9. The van der Waals surface area contributed by atoms with E-state index in [2.05, 4.69) is 26.7 Å². The predicted molar refractivity (Wildman–Crippen MR) is 59.4 cm³/mol. The highest BCUT2D eigenvalue weighted by molar-refractivity contribution is 5.73. The number of carboxylic acids is 1. The molecule has 0 aromatic carbocycles. The fraction of sp³-hybridized carbons (Fsp3) is 0.556. The van der Waals surface area contributed by atoms with Crippen molar-refractivity contribution in [1.82, 2.24) is 5.32 Å². The fourth-order valence-corrected chi connectivity index (χ4v) is 0.964. The number of ether oxygens (including phenoxy) is 1. The van der Waals surface area contributed by atoms with E-state index in [-0.39, 0.29) is 19.6 Å². The molecule has 1 atom stereocenters. The molecular formula is C9H14N4O4. The van der Waals surface area contributed by atoms with Gasteiger partial charge in [-0.2, -0.15) is 0 Å². The van der Waals surface area contributed by atoms with Crippen molar-refractivity contribution in [3.8, 4) is 0 Å². The summed E-state index contributed by atoms with van der Waals surface area (Å²) in [7, 11) is 0. The molecule has 0 heterocycles. The van der Waals surface area contributed by atoms with Crippen LogP contribution in [-0.2, 0) is 9.53 Å². The molecule has 0 aromatic rings. The summed E-state index contributed by atoms with van der Waals surface area (Å²) in [6, 6.07) is -1.11. The van der Waals surface area contributed by atoms with Gasteiger partial charge in [0.25, 0.3) is 0 Å². The Morgan fingerprint density at radius 1 is 1.65 bits per heavy atom. The van der Waals surface area contributed by atoms with Gasteiger partial charge in [-0.05, 0) is 18.4 Å². The van der Waals surface area contributed by atoms with Crippen LogP contribution in [0.4, 0.5) is 4.79 Å². The van der Waals surface area contributed by atoms with E-state index in [1.807, 2.05) is 0 Å². The summed E-state index contributed by atoms with van der Waals surface area (Å²) in [5.41, 5.74) is 8.12. The van der Waals surface area contributed by atoms with Gasteiger partial charge < -0.3 is 15.2 Å². The van der Waals surface area contributed by atoms with E-state index in [0.29, 0.717) is 6.42 Å². The molecule has 8 nitrogen and oxygen atoms in total. The average molecular weight is 242 g/mol. The van der Waals surface area contributed by atoms with Gasteiger partial charge in [0.05, 0.1) is 0 Å². The van der Waals surface area contributed by atoms with Crippen LogP contribution >= 0.6 is 0 Å². The van der Waals surface area contributed by atoms with Crippen molar-refractivity contribution in [1.29, 1.82) is 0 Å². The van der Waals surface area contributed by atoms with Crippen molar-refractivity contribution in [3.63, 3.8) is 0 Å². The number of azide groups is 1. The molecule has 8 heteroatoms. The summed E-state index contributed by atoms with van der Waals surface area (Å²) >= 11 is 0. The Bertz CT molecular complexity index is 323. The van der Waals surface area contributed by atoms with Gasteiger partial charge >= 0.3 is 12.1 Å². The Balaban J connectivity index is 3.75. The Morgan fingerprint density at radius 2 is 2.35 bits per heavy atom. The van der Waals surface area contributed by atoms with E-state index in [4.69, 9.17) is 10.6 Å². The zero-order valence-electron chi connectivity index (χ0n) is 9.20. The third-order valence-corrected chi connectivity index (χ3v) is 1.73. The zero-order chi connectivity index (χ0) is 13.1. The molecule has 0 spiro atoms. The summed E-state index contributed by atoms with van der Waals surface area (Å²) in [5.74, 6) is -1.18. The Labute approximate surface area is 97.9 Å². The molecule has 17 heavy (non-hydrogen) atoms. The lowest BCUT2D eigenvalue weighted by molar-refractivity contribution is -0.138. The lowest BCUT2D eigenvalue weighted by Crippen LogP contribution is -2.27. The molecule has 0 saturated carbocycles. The minimum Gasteiger partial charge on any atom is -0.481 e. The molecular weight excluding hydrogens is 228 g/mol. The number of carbonyl (C=O) groups is 2. The molecule has 0 radical (unpaired) electrons. The number of carbonyl (C=O) groups excluding carboxylic acids is 1. The number of aliphatic carboxylic acids is 1. The first-order valence-electron chi connectivity index (χ1n) is 4.90. The van der Waals surface area contributed by atoms with Gasteiger partial charge in [-0.3, -0.25) is 4.79 Å². The van der Waals surface area contributed by atoms with E-state index < -0.39 is 18.1 Å².